The van der Waals surface area contributed by atoms with Gasteiger partial charge in [0.2, 0.25) is 11.8 Å². The van der Waals surface area contributed by atoms with Crippen molar-refractivity contribution in [3.63, 3.8) is 0 Å². The summed E-state index contributed by atoms with van der Waals surface area (Å²) >= 11 is 0. The molecule has 2 fully saturated rings. The van der Waals surface area contributed by atoms with E-state index in [0.29, 0.717) is 18.3 Å². The predicted molar refractivity (Wildman–Crippen MR) is 111 cm³/mol. The molecule has 156 valence electrons. The average Bonchev–Trinajstić information content (AvgIpc) is 3.44. The van der Waals surface area contributed by atoms with E-state index in [1.54, 1.807) is 0 Å². The molecule has 2 aromatic rings. The third-order valence-corrected chi connectivity index (χ3v) is 6.23. The minimum absolute atomic E-state index is 0.144. The summed E-state index contributed by atoms with van der Waals surface area (Å²) in [6.45, 7) is 3.54. The number of benzene rings is 1. The van der Waals surface area contributed by atoms with Crippen LogP contribution in [0.15, 0.2) is 34.9 Å². The van der Waals surface area contributed by atoms with Crippen molar-refractivity contribution in [2.75, 3.05) is 19.6 Å². The van der Waals surface area contributed by atoms with Crippen LogP contribution in [0.4, 0.5) is 0 Å². The number of carbonyl (C=O) groups excluding carboxylic acids is 1. The number of aromatic nitrogens is 2. The van der Waals surface area contributed by atoms with Gasteiger partial charge in [0.1, 0.15) is 0 Å². The first-order valence-electron chi connectivity index (χ1n) is 11.1. The van der Waals surface area contributed by atoms with Gasteiger partial charge in [-0.05, 0) is 50.1 Å². The molecule has 6 nitrogen and oxygen atoms in total. The van der Waals surface area contributed by atoms with Crippen LogP contribution in [0.2, 0.25) is 0 Å². The number of carbonyl (C=O) groups is 1. The molecule has 1 N–H and O–H groups in total. The fourth-order valence-electron chi connectivity index (χ4n) is 4.58. The van der Waals surface area contributed by atoms with Crippen LogP contribution < -0.4 is 5.32 Å². The van der Waals surface area contributed by atoms with Crippen molar-refractivity contribution in [3.8, 4) is 0 Å². The van der Waals surface area contributed by atoms with Crippen molar-refractivity contribution in [3.05, 3.63) is 47.6 Å². The van der Waals surface area contributed by atoms with Crippen LogP contribution in [-0.2, 0) is 17.8 Å². The van der Waals surface area contributed by atoms with E-state index in [2.05, 4.69) is 32.5 Å². The van der Waals surface area contributed by atoms with Gasteiger partial charge in [-0.3, -0.25) is 9.69 Å². The van der Waals surface area contributed by atoms with Gasteiger partial charge >= 0.3 is 0 Å². The van der Waals surface area contributed by atoms with Gasteiger partial charge in [-0.15, -0.1) is 0 Å². The summed E-state index contributed by atoms with van der Waals surface area (Å²) < 4.78 is 5.51. The zero-order valence-electron chi connectivity index (χ0n) is 17.2. The maximum absolute atomic E-state index is 12.2. The Balaban J connectivity index is 1.19. The molecule has 1 saturated heterocycles. The molecule has 0 bridgehead atoms. The van der Waals surface area contributed by atoms with Crippen LogP contribution >= 0.6 is 0 Å². The molecule has 1 aliphatic heterocycles. The van der Waals surface area contributed by atoms with Gasteiger partial charge < -0.3 is 9.84 Å². The van der Waals surface area contributed by atoms with Gasteiger partial charge in [0, 0.05) is 25.4 Å². The van der Waals surface area contributed by atoms with Gasteiger partial charge in [-0.1, -0.05) is 48.3 Å². The molecular formula is C23H32N4O2. The Morgan fingerprint density at radius 2 is 1.97 bits per heavy atom. The molecule has 0 radical (unpaired) electrons. The average molecular weight is 397 g/mol. The van der Waals surface area contributed by atoms with Crippen molar-refractivity contribution < 1.29 is 9.32 Å². The predicted octanol–water partition coefficient (Wildman–Crippen LogP) is 3.69. The van der Waals surface area contributed by atoms with Gasteiger partial charge in [0.15, 0.2) is 5.82 Å². The number of likely N-dealkylation sites (tertiary alicyclic amines) is 1. The summed E-state index contributed by atoms with van der Waals surface area (Å²) in [5.41, 5.74) is 1.21. The monoisotopic (exact) mass is 396 g/mol. The molecule has 1 aromatic carbocycles. The Bertz CT molecular complexity index is 770. The van der Waals surface area contributed by atoms with Crippen LogP contribution in [0.1, 0.15) is 68.1 Å². The van der Waals surface area contributed by atoms with E-state index in [9.17, 15) is 4.79 Å². The molecule has 4 rings (SSSR count). The van der Waals surface area contributed by atoms with Crippen molar-refractivity contribution in [2.45, 2.75) is 63.8 Å². The molecule has 1 aromatic heterocycles. The maximum Gasteiger partial charge on any atom is 0.229 e. The number of amides is 1. The lowest BCUT2D eigenvalue weighted by molar-refractivity contribution is -0.121. The van der Waals surface area contributed by atoms with Gasteiger partial charge in [-0.2, -0.15) is 4.98 Å². The molecule has 1 atom stereocenters. The van der Waals surface area contributed by atoms with Crippen molar-refractivity contribution in [1.82, 2.24) is 20.4 Å². The Hall–Kier alpha value is -2.21. The Morgan fingerprint density at radius 1 is 1.14 bits per heavy atom. The number of piperidine rings is 1. The van der Waals surface area contributed by atoms with Crippen molar-refractivity contribution in [2.24, 2.45) is 5.92 Å². The highest BCUT2D eigenvalue weighted by Crippen LogP contribution is 2.33. The summed E-state index contributed by atoms with van der Waals surface area (Å²) in [6, 6.07) is 10.2. The Labute approximate surface area is 173 Å². The molecule has 1 saturated carbocycles. The SMILES string of the molecule is O=C(CCc1ccccc1)NC[C@@H]1CCCN(Cc2noc(C3CCCC3)n2)C1. The number of nitrogens with one attached hydrogen (secondary N) is 1. The normalized spacial score (nSPS) is 20.8. The lowest BCUT2D eigenvalue weighted by Crippen LogP contribution is -2.40. The molecule has 6 heteroatoms. The molecule has 2 aliphatic rings. The van der Waals surface area contributed by atoms with E-state index in [0.717, 1.165) is 57.2 Å². The second kappa shape index (κ2) is 10.0. The van der Waals surface area contributed by atoms with Crippen molar-refractivity contribution >= 4 is 5.91 Å². The first kappa shape index (κ1) is 20.1. The fraction of sp³-hybridized carbons (Fsp3) is 0.609. The number of nitrogens with zero attached hydrogens (tertiary/aromatic N) is 3. The van der Waals surface area contributed by atoms with E-state index < -0.39 is 0 Å². The minimum atomic E-state index is 0.144. The van der Waals surface area contributed by atoms with E-state index >= 15 is 0 Å². The molecule has 1 aliphatic carbocycles. The summed E-state index contributed by atoms with van der Waals surface area (Å²) in [6.07, 6.45) is 8.56. The van der Waals surface area contributed by atoms with Crippen LogP contribution in [0, 0.1) is 5.92 Å². The topological polar surface area (TPSA) is 71.3 Å². The van der Waals surface area contributed by atoms with Crippen LogP contribution in [0.3, 0.4) is 0 Å². The quantitative estimate of drug-likeness (QED) is 0.737. The molecule has 1 amide bonds. The number of rotatable bonds is 8. The standard InChI is InChI=1S/C23H32N4O2/c28-22(13-12-18-7-2-1-3-8-18)24-15-19-9-6-14-27(16-19)17-21-25-23(29-26-21)20-10-4-5-11-20/h1-3,7-8,19-20H,4-6,9-17H2,(H,24,28)/t19-/m0/s1. The van der Waals surface area contributed by atoms with Crippen LogP contribution in [0.25, 0.3) is 0 Å². The first-order valence-corrected chi connectivity index (χ1v) is 11.1. The second-order valence-corrected chi connectivity index (χ2v) is 8.56. The zero-order valence-corrected chi connectivity index (χ0v) is 17.2. The third-order valence-electron chi connectivity index (χ3n) is 6.23. The molecule has 0 unspecified atom stereocenters. The summed E-state index contributed by atoms with van der Waals surface area (Å²) in [5.74, 6) is 2.74. The highest BCUT2D eigenvalue weighted by molar-refractivity contribution is 5.76. The summed E-state index contributed by atoms with van der Waals surface area (Å²) in [4.78, 5) is 19.2. The Kier molecular flexibility index (Phi) is 6.93. The van der Waals surface area contributed by atoms with Crippen LogP contribution in [-0.4, -0.2) is 40.6 Å². The lowest BCUT2D eigenvalue weighted by atomic mass is 9.98. The first-order chi connectivity index (χ1) is 14.3. The summed E-state index contributed by atoms with van der Waals surface area (Å²) in [5, 5.41) is 7.34. The largest absolute Gasteiger partial charge is 0.356 e. The second-order valence-electron chi connectivity index (χ2n) is 8.56. The molecule has 0 spiro atoms. The maximum atomic E-state index is 12.2. The fourth-order valence-corrected chi connectivity index (χ4v) is 4.58. The number of hydrogen-bond donors (Lipinski definition) is 1. The van der Waals surface area contributed by atoms with E-state index in [1.165, 1.54) is 31.2 Å². The molecule has 2 heterocycles. The number of hydrogen-bond acceptors (Lipinski definition) is 5. The minimum Gasteiger partial charge on any atom is -0.356 e. The zero-order chi connectivity index (χ0) is 19.9. The highest BCUT2D eigenvalue weighted by Gasteiger charge is 2.25. The molecular weight excluding hydrogens is 364 g/mol. The summed E-state index contributed by atoms with van der Waals surface area (Å²) in [7, 11) is 0. The lowest BCUT2D eigenvalue weighted by Gasteiger charge is -2.31. The highest BCUT2D eigenvalue weighted by atomic mass is 16.5. The smallest absolute Gasteiger partial charge is 0.229 e. The van der Waals surface area contributed by atoms with Gasteiger partial charge in [0.25, 0.3) is 0 Å². The third kappa shape index (κ3) is 5.89. The molecule has 29 heavy (non-hydrogen) atoms. The van der Waals surface area contributed by atoms with E-state index in [-0.39, 0.29) is 5.91 Å². The van der Waals surface area contributed by atoms with Crippen molar-refractivity contribution in [1.29, 1.82) is 0 Å². The van der Waals surface area contributed by atoms with E-state index in [1.807, 2.05) is 18.2 Å². The van der Waals surface area contributed by atoms with Gasteiger partial charge in [-0.25, -0.2) is 0 Å². The number of aryl methyl sites for hydroxylation is 1. The Morgan fingerprint density at radius 3 is 2.79 bits per heavy atom. The van der Waals surface area contributed by atoms with Gasteiger partial charge in [0.05, 0.1) is 6.54 Å². The van der Waals surface area contributed by atoms with Crippen LogP contribution in [0.5, 0.6) is 0 Å². The van der Waals surface area contributed by atoms with E-state index in [4.69, 9.17) is 4.52 Å².